The van der Waals surface area contributed by atoms with Gasteiger partial charge in [0.05, 0.1) is 34.5 Å². The van der Waals surface area contributed by atoms with Crippen molar-refractivity contribution in [1.29, 1.82) is 0 Å². The number of hydrogen-bond acceptors (Lipinski definition) is 5. The van der Waals surface area contributed by atoms with E-state index < -0.39 is 0 Å². The van der Waals surface area contributed by atoms with Crippen molar-refractivity contribution >= 4 is 56.2 Å². The van der Waals surface area contributed by atoms with Crippen LogP contribution < -0.4 is 14.4 Å². The fraction of sp³-hybridized carbons (Fsp3) is 0.185. The highest BCUT2D eigenvalue weighted by Crippen LogP contribution is 2.40. The third kappa shape index (κ3) is 5.21. The van der Waals surface area contributed by atoms with Gasteiger partial charge < -0.3 is 9.47 Å². The van der Waals surface area contributed by atoms with E-state index in [-0.39, 0.29) is 5.91 Å². The summed E-state index contributed by atoms with van der Waals surface area (Å²) in [5.74, 6) is 1.12. The van der Waals surface area contributed by atoms with E-state index in [1.54, 1.807) is 12.0 Å². The number of carbonyl (C=O) groups excluding carboxylic acids is 1. The molecule has 0 aromatic heterocycles. The molecule has 1 heterocycles. The molecule has 3 aromatic carbocycles. The van der Waals surface area contributed by atoms with Crippen LogP contribution in [0, 0.1) is 13.8 Å². The Labute approximate surface area is 212 Å². The summed E-state index contributed by atoms with van der Waals surface area (Å²) in [6, 6.07) is 19.6. The van der Waals surface area contributed by atoms with Crippen LogP contribution in [0.1, 0.15) is 23.6 Å². The number of nitrogens with zero attached hydrogens (tertiary/aromatic N) is 2. The summed E-state index contributed by atoms with van der Waals surface area (Å²) in [4.78, 5) is 20.6. The quantitative estimate of drug-likeness (QED) is 0.310. The first-order chi connectivity index (χ1) is 16.4. The Morgan fingerprint density at radius 2 is 1.68 bits per heavy atom. The average Bonchev–Trinajstić information content (AvgIpc) is 3.12. The number of anilines is 1. The monoisotopic (exact) mass is 536 g/mol. The minimum atomic E-state index is -0.122. The number of hydrogen-bond donors (Lipinski definition) is 0. The van der Waals surface area contributed by atoms with Gasteiger partial charge in [0.15, 0.2) is 16.7 Å². The van der Waals surface area contributed by atoms with Crippen LogP contribution in [0.4, 0.5) is 11.4 Å². The maximum atomic E-state index is 13.5. The first kappa shape index (κ1) is 24.1. The molecule has 0 bridgehead atoms. The zero-order chi connectivity index (χ0) is 24.2. The molecule has 1 aliphatic heterocycles. The summed E-state index contributed by atoms with van der Waals surface area (Å²) >= 11 is 4.92. The lowest BCUT2D eigenvalue weighted by Gasteiger charge is -2.16. The second-order valence-corrected chi connectivity index (χ2v) is 9.65. The summed E-state index contributed by atoms with van der Waals surface area (Å²) < 4.78 is 12.0. The molecule has 0 saturated carbocycles. The predicted molar refractivity (Wildman–Crippen MR) is 144 cm³/mol. The Balaban J connectivity index is 1.76. The van der Waals surface area contributed by atoms with Crippen LogP contribution in [0.2, 0.25) is 0 Å². The first-order valence-corrected chi connectivity index (χ1v) is 12.5. The van der Waals surface area contributed by atoms with Gasteiger partial charge in [0.25, 0.3) is 5.91 Å². The zero-order valence-corrected chi connectivity index (χ0v) is 21.9. The Morgan fingerprint density at radius 1 is 1.03 bits per heavy atom. The minimum absolute atomic E-state index is 0.122. The van der Waals surface area contributed by atoms with E-state index in [0.717, 1.165) is 32.5 Å². The largest absolute Gasteiger partial charge is 0.493 e. The topological polar surface area (TPSA) is 51.1 Å². The summed E-state index contributed by atoms with van der Waals surface area (Å²) in [5, 5.41) is 0.612. The first-order valence-electron chi connectivity index (χ1n) is 10.9. The number of amidine groups is 1. The number of thioether (sulfide) groups is 1. The van der Waals surface area contributed by atoms with Crippen molar-refractivity contribution in [2.45, 2.75) is 20.8 Å². The van der Waals surface area contributed by atoms with Gasteiger partial charge in [-0.25, -0.2) is 4.99 Å². The Bertz CT molecular complexity index is 1270. The van der Waals surface area contributed by atoms with Crippen LogP contribution >= 0.6 is 27.7 Å². The van der Waals surface area contributed by atoms with Crippen LogP contribution in [-0.4, -0.2) is 24.8 Å². The number of benzene rings is 3. The molecule has 0 atom stereocenters. The number of aliphatic imine (C=N–C) groups is 1. The van der Waals surface area contributed by atoms with Crippen molar-refractivity contribution in [1.82, 2.24) is 0 Å². The van der Waals surface area contributed by atoms with E-state index in [0.29, 0.717) is 28.2 Å². The molecule has 174 valence electrons. The zero-order valence-electron chi connectivity index (χ0n) is 19.5. The van der Waals surface area contributed by atoms with Gasteiger partial charge in [-0.2, -0.15) is 0 Å². The molecule has 7 heteroatoms. The maximum Gasteiger partial charge on any atom is 0.271 e. The molecule has 1 amide bonds. The molecule has 1 aliphatic rings. The van der Waals surface area contributed by atoms with Crippen molar-refractivity contribution in [3.8, 4) is 11.5 Å². The van der Waals surface area contributed by atoms with Gasteiger partial charge in [0.2, 0.25) is 0 Å². The summed E-state index contributed by atoms with van der Waals surface area (Å²) in [6.07, 6.45) is 1.86. The van der Waals surface area contributed by atoms with E-state index in [4.69, 9.17) is 14.5 Å². The van der Waals surface area contributed by atoms with E-state index in [1.165, 1.54) is 11.8 Å². The van der Waals surface area contributed by atoms with Crippen LogP contribution in [-0.2, 0) is 4.79 Å². The van der Waals surface area contributed by atoms with Crippen molar-refractivity contribution in [3.05, 3.63) is 86.7 Å². The van der Waals surface area contributed by atoms with Crippen LogP contribution in [0.25, 0.3) is 6.08 Å². The molecule has 0 N–H and O–H groups in total. The van der Waals surface area contributed by atoms with Crippen LogP contribution in [0.3, 0.4) is 0 Å². The van der Waals surface area contributed by atoms with Crippen molar-refractivity contribution in [3.63, 3.8) is 0 Å². The molecular weight excluding hydrogens is 512 g/mol. The molecule has 5 nitrogen and oxygen atoms in total. The molecule has 0 aliphatic carbocycles. The summed E-state index contributed by atoms with van der Waals surface area (Å²) in [6.45, 7) is 6.50. The number of aryl methyl sites for hydroxylation is 2. The SMILES string of the molecule is CCOc1c(Br)cc(/C=C2\SC(=Nc3ccc(C)cc3)N(c3ccc(C)cc3)C2=O)cc1OC. The third-order valence-electron chi connectivity index (χ3n) is 5.20. The Hall–Kier alpha value is -3.03. The van der Waals surface area contributed by atoms with Crippen molar-refractivity contribution in [2.24, 2.45) is 4.99 Å². The molecule has 0 unspecified atom stereocenters. The Kier molecular flexibility index (Phi) is 7.44. The fourth-order valence-electron chi connectivity index (χ4n) is 3.46. The lowest BCUT2D eigenvalue weighted by Crippen LogP contribution is -2.28. The number of ether oxygens (including phenoxy) is 2. The van der Waals surface area contributed by atoms with Gasteiger partial charge in [-0.05, 0) is 96.5 Å². The lowest BCUT2D eigenvalue weighted by molar-refractivity contribution is -0.113. The number of methoxy groups -OCH3 is 1. The summed E-state index contributed by atoms with van der Waals surface area (Å²) in [5.41, 5.74) is 4.68. The predicted octanol–water partition coefficient (Wildman–Crippen LogP) is 7.28. The van der Waals surface area contributed by atoms with Gasteiger partial charge in [-0.15, -0.1) is 0 Å². The van der Waals surface area contributed by atoms with E-state index in [2.05, 4.69) is 15.9 Å². The smallest absolute Gasteiger partial charge is 0.271 e. The van der Waals surface area contributed by atoms with Gasteiger partial charge >= 0.3 is 0 Å². The number of amides is 1. The molecular formula is C27H25BrN2O3S. The molecule has 4 rings (SSSR count). The maximum absolute atomic E-state index is 13.5. The highest BCUT2D eigenvalue weighted by Gasteiger charge is 2.34. The van der Waals surface area contributed by atoms with E-state index in [1.807, 2.05) is 87.5 Å². The minimum Gasteiger partial charge on any atom is -0.493 e. The van der Waals surface area contributed by atoms with Gasteiger partial charge in [-0.1, -0.05) is 35.4 Å². The molecule has 1 saturated heterocycles. The van der Waals surface area contributed by atoms with Crippen molar-refractivity contribution < 1.29 is 14.3 Å². The van der Waals surface area contributed by atoms with Crippen LogP contribution in [0.15, 0.2) is 75.0 Å². The molecule has 0 radical (unpaired) electrons. The number of rotatable bonds is 6. The normalized spacial score (nSPS) is 15.9. The second-order valence-electron chi connectivity index (χ2n) is 7.78. The molecule has 34 heavy (non-hydrogen) atoms. The Morgan fingerprint density at radius 3 is 2.29 bits per heavy atom. The lowest BCUT2D eigenvalue weighted by atomic mass is 10.1. The van der Waals surface area contributed by atoms with E-state index >= 15 is 0 Å². The average molecular weight is 537 g/mol. The summed E-state index contributed by atoms with van der Waals surface area (Å²) in [7, 11) is 1.60. The number of halogens is 1. The van der Waals surface area contributed by atoms with Gasteiger partial charge in [-0.3, -0.25) is 9.69 Å². The highest BCUT2D eigenvalue weighted by molar-refractivity contribution is 9.10. The molecule has 1 fully saturated rings. The third-order valence-corrected chi connectivity index (χ3v) is 6.75. The van der Waals surface area contributed by atoms with Crippen LogP contribution in [0.5, 0.6) is 11.5 Å². The van der Waals surface area contributed by atoms with Gasteiger partial charge in [0.1, 0.15) is 0 Å². The number of carbonyl (C=O) groups is 1. The van der Waals surface area contributed by atoms with Gasteiger partial charge in [0, 0.05) is 0 Å². The molecule has 3 aromatic rings. The van der Waals surface area contributed by atoms with Crippen molar-refractivity contribution in [2.75, 3.05) is 18.6 Å². The highest BCUT2D eigenvalue weighted by atomic mass is 79.9. The second kappa shape index (κ2) is 10.5. The standard InChI is InChI=1S/C27H25BrN2O3S/c1-5-33-25-22(28)14-19(15-23(25)32-4)16-24-26(31)30(21-12-8-18(3)9-13-21)27(34-24)29-20-10-6-17(2)7-11-20/h6-16H,5H2,1-4H3/b24-16-,29-27?. The van der Waals surface area contributed by atoms with E-state index in [9.17, 15) is 4.79 Å². The molecule has 0 spiro atoms. The fourth-order valence-corrected chi connectivity index (χ4v) is 5.03.